The summed E-state index contributed by atoms with van der Waals surface area (Å²) >= 11 is 6.07. The molecule has 1 aromatic heterocycles. The van der Waals surface area contributed by atoms with Crippen LogP contribution in [0.1, 0.15) is 0 Å². The minimum atomic E-state index is 0.753. The van der Waals surface area contributed by atoms with Gasteiger partial charge >= 0.3 is 0 Å². The van der Waals surface area contributed by atoms with Crippen LogP contribution in [0.25, 0.3) is 33.3 Å². The average molecular weight is 316 g/mol. The number of rotatable bonds is 2. The number of fused-ring (bicyclic) bond motifs is 1. The zero-order chi connectivity index (χ0) is 15.6. The van der Waals surface area contributed by atoms with Crippen molar-refractivity contribution in [3.63, 3.8) is 0 Å². The number of benzene rings is 3. The fourth-order valence-electron chi connectivity index (χ4n) is 2.73. The number of pyridine rings is 1. The van der Waals surface area contributed by atoms with Crippen molar-refractivity contribution in [3.8, 4) is 22.4 Å². The molecule has 0 aliphatic heterocycles. The molecule has 2 heteroatoms. The van der Waals surface area contributed by atoms with E-state index in [-0.39, 0.29) is 0 Å². The van der Waals surface area contributed by atoms with E-state index in [0.29, 0.717) is 0 Å². The van der Waals surface area contributed by atoms with Crippen molar-refractivity contribution in [2.24, 2.45) is 0 Å². The molecule has 0 fully saturated rings. The summed E-state index contributed by atoms with van der Waals surface area (Å²) in [4.78, 5) is 4.74. The van der Waals surface area contributed by atoms with E-state index in [2.05, 4.69) is 48.5 Å². The largest absolute Gasteiger partial charge is 0.248 e. The van der Waals surface area contributed by atoms with Crippen LogP contribution in [0.3, 0.4) is 0 Å². The van der Waals surface area contributed by atoms with Gasteiger partial charge in [-0.3, -0.25) is 0 Å². The molecule has 1 nitrogen and oxygen atoms in total. The predicted octanol–water partition coefficient (Wildman–Crippen LogP) is 6.22. The molecule has 0 spiro atoms. The maximum Gasteiger partial charge on any atom is 0.0709 e. The van der Waals surface area contributed by atoms with Crippen molar-refractivity contribution in [2.45, 2.75) is 0 Å². The average Bonchev–Trinajstić information content (AvgIpc) is 2.61. The SMILES string of the molecule is Clc1cccc(-c2ccc(-c3ccc4ccccc4n3)cc2)c1. The number of hydrogen-bond donors (Lipinski definition) is 0. The van der Waals surface area contributed by atoms with Gasteiger partial charge in [-0.25, -0.2) is 4.98 Å². The first-order valence-corrected chi connectivity index (χ1v) is 7.89. The minimum absolute atomic E-state index is 0.753. The lowest BCUT2D eigenvalue weighted by Crippen LogP contribution is -1.85. The van der Waals surface area contributed by atoms with Gasteiger partial charge in [-0.2, -0.15) is 0 Å². The summed E-state index contributed by atoms with van der Waals surface area (Å²) in [5.41, 5.74) is 5.39. The number of para-hydroxylation sites is 1. The van der Waals surface area contributed by atoms with Gasteiger partial charge in [0.1, 0.15) is 0 Å². The van der Waals surface area contributed by atoms with E-state index < -0.39 is 0 Å². The van der Waals surface area contributed by atoms with Crippen LogP contribution < -0.4 is 0 Å². The molecule has 23 heavy (non-hydrogen) atoms. The lowest BCUT2D eigenvalue weighted by atomic mass is 10.0. The Kier molecular flexibility index (Phi) is 3.57. The Labute approximate surface area is 140 Å². The molecule has 0 N–H and O–H groups in total. The van der Waals surface area contributed by atoms with Gasteiger partial charge in [-0.1, -0.05) is 72.3 Å². The summed E-state index contributed by atoms with van der Waals surface area (Å²) in [7, 11) is 0. The second-order valence-electron chi connectivity index (χ2n) is 5.48. The molecule has 4 aromatic rings. The Balaban J connectivity index is 1.72. The highest BCUT2D eigenvalue weighted by molar-refractivity contribution is 6.30. The zero-order valence-corrected chi connectivity index (χ0v) is 13.2. The van der Waals surface area contributed by atoms with E-state index in [1.807, 2.05) is 36.4 Å². The smallest absolute Gasteiger partial charge is 0.0709 e. The van der Waals surface area contributed by atoms with E-state index in [1.165, 1.54) is 0 Å². The van der Waals surface area contributed by atoms with Crippen LogP contribution in [0.15, 0.2) is 84.9 Å². The van der Waals surface area contributed by atoms with Crippen LogP contribution in [0.5, 0.6) is 0 Å². The van der Waals surface area contributed by atoms with Gasteiger partial charge in [0.05, 0.1) is 11.2 Å². The zero-order valence-electron chi connectivity index (χ0n) is 12.4. The van der Waals surface area contributed by atoms with Crippen LogP contribution in [0, 0.1) is 0 Å². The fraction of sp³-hybridized carbons (Fsp3) is 0. The normalized spacial score (nSPS) is 10.8. The summed E-state index contributed by atoms with van der Waals surface area (Å²) in [6.07, 6.45) is 0. The van der Waals surface area contributed by atoms with Gasteiger partial charge in [0.25, 0.3) is 0 Å². The first-order valence-electron chi connectivity index (χ1n) is 7.52. The van der Waals surface area contributed by atoms with Gasteiger partial charge < -0.3 is 0 Å². The third kappa shape index (κ3) is 2.84. The second-order valence-corrected chi connectivity index (χ2v) is 5.91. The monoisotopic (exact) mass is 315 g/mol. The third-order valence-corrected chi connectivity index (χ3v) is 4.17. The molecular formula is C21H14ClN. The van der Waals surface area contributed by atoms with Crippen LogP contribution in [-0.2, 0) is 0 Å². The van der Waals surface area contributed by atoms with Crippen molar-refractivity contribution in [2.75, 3.05) is 0 Å². The van der Waals surface area contributed by atoms with Gasteiger partial charge in [-0.05, 0) is 35.4 Å². The van der Waals surface area contributed by atoms with Crippen molar-refractivity contribution in [1.82, 2.24) is 4.98 Å². The van der Waals surface area contributed by atoms with E-state index in [0.717, 1.165) is 38.3 Å². The van der Waals surface area contributed by atoms with Crippen molar-refractivity contribution in [1.29, 1.82) is 0 Å². The summed E-state index contributed by atoms with van der Waals surface area (Å²) in [6, 6.07) is 28.7. The van der Waals surface area contributed by atoms with Crippen molar-refractivity contribution >= 4 is 22.5 Å². The third-order valence-electron chi connectivity index (χ3n) is 3.94. The van der Waals surface area contributed by atoms with E-state index in [1.54, 1.807) is 0 Å². The molecule has 0 atom stereocenters. The van der Waals surface area contributed by atoms with Crippen LogP contribution in [0.2, 0.25) is 5.02 Å². The van der Waals surface area contributed by atoms with Gasteiger partial charge in [0.2, 0.25) is 0 Å². The Morgan fingerprint density at radius 2 is 1.39 bits per heavy atom. The van der Waals surface area contributed by atoms with Gasteiger partial charge in [-0.15, -0.1) is 0 Å². The number of halogens is 1. The highest BCUT2D eigenvalue weighted by Crippen LogP contribution is 2.26. The number of hydrogen-bond acceptors (Lipinski definition) is 1. The van der Waals surface area contributed by atoms with E-state index in [4.69, 9.17) is 16.6 Å². The van der Waals surface area contributed by atoms with Crippen LogP contribution in [-0.4, -0.2) is 4.98 Å². The Morgan fingerprint density at radius 3 is 2.22 bits per heavy atom. The molecule has 0 amide bonds. The minimum Gasteiger partial charge on any atom is -0.248 e. The maximum absolute atomic E-state index is 6.07. The van der Waals surface area contributed by atoms with E-state index in [9.17, 15) is 0 Å². The lowest BCUT2D eigenvalue weighted by molar-refractivity contribution is 1.40. The highest BCUT2D eigenvalue weighted by atomic mass is 35.5. The molecule has 0 radical (unpaired) electrons. The standard InChI is InChI=1S/C21H14ClN/c22-19-6-3-5-18(14-19)15-8-10-17(11-9-15)21-13-12-16-4-1-2-7-20(16)23-21/h1-14H. The van der Waals surface area contributed by atoms with Crippen molar-refractivity contribution in [3.05, 3.63) is 90.0 Å². The molecule has 0 saturated carbocycles. The topological polar surface area (TPSA) is 12.9 Å². The molecular weight excluding hydrogens is 302 g/mol. The predicted molar refractivity (Wildman–Crippen MR) is 97.6 cm³/mol. The highest BCUT2D eigenvalue weighted by Gasteiger charge is 2.03. The van der Waals surface area contributed by atoms with Gasteiger partial charge in [0, 0.05) is 16.0 Å². The van der Waals surface area contributed by atoms with Crippen molar-refractivity contribution < 1.29 is 0 Å². The quantitative estimate of drug-likeness (QED) is 0.428. The molecule has 0 aliphatic rings. The molecule has 3 aromatic carbocycles. The number of nitrogens with zero attached hydrogens (tertiary/aromatic N) is 1. The summed E-state index contributed by atoms with van der Waals surface area (Å²) in [5.74, 6) is 0. The summed E-state index contributed by atoms with van der Waals surface area (Å²) in [6.45, 7) is 0. The summed E-state index contributed by atoms with van der Waals surface area (Å²) < 4.78 is 0. The first kappa shape index (κ1) is 14.0. The summed E-state index contributed by atoms with van der Waals surface area (Å²) in [5, 5.41) is 1.91. The molecule has 0 saturated heterocycles. The molecule has 1 heterocycles. The van der Waals surface area contributed by atoms with E-state index >= 15 is 0 Å². The fourth-order valence-corrected chi connectivity index (χ4v) is 2.92. The second kappa shape index (κ2) is 5.86. The van der Waals surface area contributed by atoms with Gasteiger partial charge in [0.15, 0.2) is 0 Å². The lowest BCUT2D eigenvalue weighted by Gasteiger charge is -2.06. The molecule has 0 bridgehead atoms. The van der Waals surface area contributed by atoms with Crippen LogP contribution >= 0.6 is 11.6 Å². The molecule has 0 unspecified atom stereocenters. The maximum atomic E-state index is 6.07. The molecule has 4 rings (SSSR count). The van der Waals surface area contributed by atoms with Crippen LogP contribution in [0.4, 0.5) is 0 Å². The Hall–Kier alpha value is -2.64. The molecule has 110 valence electrons. The molecule has 0 aliphatic carbocycles. The first-order chi connectivity index (χ1) is 11.3. The Morgan fingerprint density at radius 1 is 0.609 bits per heavy atom. The number of aromatic nitrogens is 1. The Bertz CT molecular complexity index is 974.